The molecule has 3 atom stereocenters. The van der Waals surface area contributed by atoms with Crippen LogP contribution in [0.1, 0.15) is 30.4 Å². The molecule has 3 aliphatic rings. The number of ether oxygens (including phenoxy) is 2. The largest absolute Gasteiger partial charge is 0.504 e. The number of phenolic OH excluding ortho intramolecular Hbond substituents is 1. The second-order valence-corrected chi connectivity index (χ2v) is 7.17. The average molecular weight is 315 g/mol. The minimum Gasteiger partial charge on any atom is -0.504 e. The molecule has 0 saturated carbocycles. The fourth-order valence-corrected chi connectivity index (χ4v) is 5.14. The average Bonchev–Trinajstić information content (AvgIpc) is 2.57. The van der Waals surface area contributed by atoms with Gasteiger partial charge in [-0.15, -0.1) is 0 Å². The van der Waals surface area contributed by atoms with Gasteiger partial charge in [-0.3, -0.25) is 0 Å². The van der Waals surface area contributed by atoms with Crippen molar-refractivity contribution in [2.75, 3.05) is 27.8 Å². The van der Waals surface area contributed by atoms with E-state index in [-0.39, 0.29) is 5.41 Å². The molecule has 1 aromatic rings. The number of aromatic hydroxyl groups is 1. The molecule has 4 nitrogen and oxygen atoms in total. The van der Waals surface area contributed by atoms with E-state index in [0.717, 1.165) is 43.6 Å². The summed E-state index contributed by atoms with van der Waals surface area (Å²) in [7, 11) is 5.61. The Morgan fingerprint density at radius 3 is 2.78 bits per heavy atom. The van der Waals surface area contributed by atoms with Crippen LogP contribution in [0.2, 0.25) is 0 Å². The van der Waals surface area contributed by atoms with E-state index in [1.54, 1.807) is 14.2 Å². The highest BCUT2D eigenvalue weighted by molar-refractivity contribution is 5.57. The van der Waals surface area contributed by atoms with Crippen LogP contribution in [0.15, 0.2) is 24.0 Å². The predicted octanol–water partition coefficient (Wildman–Crippen LogP) is 2.84. The van der Waals surface area contributed by atoms with Crippen LogP contribution in [0.4, 0.5) is 0 Å². The van der Waals surface area contributed by atoms with Crippen molar-refractivity contribution in [2.24, 2.45) is 5.92 Å². The van der Waals surface area contributed by atoms with Gasteiger partial charge in [0.05, 0.1) is 20.0 Å². The van der Waals surface area contributed by atoms with E-state index in [2.05, 4.69) is 24.1 Å². The number of rotatable bonds is 2. The molecule has 0 radical (unpaired) electrons. The Hall–Kier alpha value is -1.68. The van der Waals surface area contributed by atoms with Crippen molar-refractivity contribution in [3.05, 3.63) is 35.1 Å². The molecular weight excluding hydrogens is 290 g/mol. The van der Waals surface area contributed by atoms with Gasteiger partial charge in [-0.25, -0.2) is 0 Å². The lowest BCUT2D eigenvalue weighted by Gasteiger charge is -2.57. The van der Waals surface area contributed by atoms with Crippen molar-refractivity contribution in [3.8, 4) is 11.5 Å². The van der Waals surface area contributed by atoms with Crippen molar-refractivity contribution in [1.82, 2.24) is 4.90 Å². The first-order valence-corrected chi connectivity index (χ1v) is 8.45. The maximum atomic E-state index is 10.9. The van der Waals surface area contributed by atoms with E-state index in [0.29, 0.717) is 23.5 Å². The van der Waals surface area contributed by atoms with Crippen molar-refractivity contribution >= 4 is 0 Å². The van der Waals surface area contributed by atoms with Crippen LogP contribution < -0.4 is 4.74 Å². The van der Waals surface area contributed by atoms with E-state index in [1.165, 1.54) is 5.56 Å². The summed E-state index contributed by atoms with van der Waals surface area (Å²) < 4.78 is 10.9. The number of methoxy groups -OCH3 is 2. The summed E-state index contributed by atoms with van der Waals surface area (Å²) >= 11 is 0. The Balaban J connectivity index is 1.93. The number of likely N-dealkylation sites (N-methyl/N-ethyl adjacent to an activating group) is 1. The SMILES string of the molecule is COC1=CC2C3Cc4ccc(OC)c(O)c4[C@@]2(CC1)CCN3C. The number of piperidine rings is 1. The van der Waals surface area contributed by atoms with Gasteiger partial charge in [0.25, 0.3) is 0 Å². The van der Waals surface area contributed by atoms with Gasteiger partial charge in [0.15, 0.2) is 11.5 Å². The summed E-state index contributed by atoms with van der Waals surface area (Å²) in [6, 6.07) is 4.53. The normalized spacial score (nSPS) is 32.6. The van der Waals surface area contributed by atoms with E-state index in [9.17, 15) is 5.11 Å². The molecule has 0 aromatic heterocycles. The minimum absolute atomic E-state index is 0.0193. The van der Waals surface area contributed by atoms with Gasteiger partial charge >= 0.3 is 0 Å². The highest BCUT2D eigenvalue weighted by Gasteiger charge is 2.54. The second kappa shape index (κ2) is 5.17. The van der Waals surface area contributed by atoms with Crippen LogP contribution in [0, 0.1) is 5.92 Å². The van der Waals surface area contributed by atoms with Crippen LogP contribution in [0.3, 0.4) is 0 Å². The Bertz CT molecular complexity index is 669. The quantitative estimate of drug-likeness (QED) is 0.911. The molecule has 1 aromatic carbocycles. The van der Waals surface area contributed by atoms with Crippen molar-refractivity contribution in [1.29, 1.82) is 0 Å². The fraction of sp³-hybridized carbons (Fsp3) is 0.579. The maximum Gasteiger partial charge on any atom is 0.161 e. The summed E-state index contributed by atoms with van der Waals surface area (Å²) in [5.74, 6) is 2.44. The van der Waals surface area contributed by atoms with Crippen LogP contribution in [-0.2, 0) is 16.6 Å². The third kappa shape index (κ3) is 1.94. The van der Waals surface area contributed by atoms with Gasteiger partial charge in [0.1, 0.15) is 0 Å². The third-order valence-corrected chi connectivity index (χ3v) is 6.35. The molecule has 2 bridgehead atoms. The Kier molecular flexibility index (Phi) is 3.34. The topological polar surface area (TPSA) is 41.9 Å². The Morgan fingerprint density at radius 1 is 1.22 bits per heavy atom. The molecule has 1 heterocycles. The monoisotopic (exact) mass is 315 g/mol. The number of fused-ring (bicyclic) bond motifs is 1. The molecule has 1 fully saturated rings. The van der Waals surface area contributed by atoms with E-state index in [1.807, 2.05) is 6.07 Å². The van der Waals surface area contributed by atoms with Gasteiger partial charge in [0, 0.05) is 29.4 Å². The first kappa shape index (κ1) is 14.9. The highest BCUT2D eigenvalue weighted by Crippen LogP contribution is 2.58. The Labute approximate surface area is 137 Å². The van der Waals surface area contributed by atoms with Gasteiger partial charge in [-0.05, 0) is 50.6 Å². The van der Waals surface area contributed by atoms with Gasteiger partial charge in [0.2, 0.25) is 0 Å². The third-order valence-electron chi connectivity index (χ3n) is 6.35. The number of hydrogen-bond acceptors (Lipinski definition) is 4. The fourth-order valence-electron chi connectivity index (χ4n) is 5.14. The Morgan fingerprint density at radius 2 is 2.04 bits per heavy atom. The van der Waals surface area contributed by atoms with E-state index >= 15 is 0 Å². The number of phenols is 1. The molecule has 2 unspecified atom stereocenters. The molecule has 2 aliphatic carbocycles. The molecule has 4 heteroatoms. The standard InChI is InChI=1S/C19H25NO3/c1-20-9-8-19-7-6-13(22-2)11-14(19)15(20)10-12-4-5-16(23-3)18(21)17(12)19/h4-5,11,14-15,21H,6-10H2,1-3H3/t14?,15?,19-/m0/s1. The molecule has 1 saturated heterocycles. The van der Waals surface area contributed by atoms with Crippen molar-refractivity contribution in [2.45, 2.75) is 37.1 Å². The van der Waals surface area contributed by atoms with Crippen LogP contribution in [-0.4, -0.2) is 43.9 Å². The number of allylic oxidation sites excluding steroid dienone is 1. The zero-order chi connectivity index (χ0) is 16.2. The summed E-state index contributed by atoms with van der Waals surface area (Å²) in [6.07, 6.45) is 6.36. The van der Waals surface area contributed by atoms with Crippen LogP contribution in [0.25, 0.3) is 0 Å². The lowest BCUT2D eigenvalue weighted by atomic mass is 9.53. The molecule has 0 amide bonds. The van der Waals surface area contributed by atoms with Gasteiger partial charge < -0.3 is 19.5 Å². The zero-order valence-electron chi connectivity index (χ0n) is 14.1. The molecule has 4 rings (SSSR count). The molecule has 1 aliphatic heterocycles. The lowest BCUT2D eigenvalue weighted by molar-refractivity contribution is 0.0366. The van der Waals surface area contributed by atoms with Gasteiger partial charge in [-0.1, -0.05) is 6.07 Å². The minimum atomic E-state index is 0.0193. The summed E-state index contributed by atoms with van der Waals surface area (Å²) in [4.78, 5) is 2.47. The molecule has 0 spiro atoms. The van der Waals surface area contributed by atoms with E-state index in [4.69, 9.17) is 9.47 Å². The number of benzene rings is 1. The second-order valence-electron chi connectivity index (χ2n) is 7.17. The maximum absolute atomic E-state index is 10.9. The van der Waals surface area contributed by atoms with E-state index < -0.39 is 0 Å². The van der Waals surface area contributed by atoms with Crippen molar-refractivity contribution in [3.63, 3.8) is 0 Å². The molecule has 23 heavy (non-hydrogen) atoms. The summed E-state index contributed by atoms with van der Waals surface area (Å²) in [5.41, 5.74) is 2.44. The number of nitrogens with zero attached hydrogens (tertiary/aromatic N) is 1. The van der Waals surface area contributed by atoms with Crippen LogP contribution in [0.5, 0.6) is 11.5 Å². The zero-order valence-corrected chi connectivity index (χ0v) is 14.1. The smallest absolute Gasteiger partial charge is 0.161 e. The molecule has 1 N–H and O–H groups in total. The predicted molar refractivity (Wildman–Crippen MR) is 88.9 cm³/mol. The van der Waals surface area contributed by atoms with Gasteiger partial charge in [-0.2, -0.15) is 0 Å². The first-order valence-electron chi connectivity index (χ1n) is 8.45. The lowest BCUT2D eigenvalue weighted by Crippen LogP contribution is -2.59. The number of likely N-dealkylation sites (tertiary alicyclic amines) is 1. The summed E-state index contributed by atoms with van der Waals surface area (Å²) in [5, 5.41) is 10.9. The van der Waals surface area contributed by atoms with Crippen LogP contribution >= 0.6 is 0 Å². The highest BCUT2D eigenvalue weighted by atomic mass is 16.5. The molecular formula is C19H25NO3. The first-order chi connectivity index (χ1) is 11.1. The van der Waals surface area contributed by atoms with Crippen molar-refractivity contribution < 1.29 is 14.6 Å². The summed E-state index contributed by atoms with van der Waals surface area (Å²) in [6.45, 7) is 1.08. The number of hydrogen-bond donors (Lipinski definition) is 1. The molecule has 124 valence electrons.